The Morgan fingerprint density at radius 2 is 1.78 bits per heavy atom. The minimum absolute atomic E-state index is 0.00983. The Morgan fingerprint density at radius 1 is 1.22 bits per heavy atom. The van der Waals surface area contributed by atoms with Gasteiger partial charge in [0.15, 0.2) is 0 Å². The van der Waals surface area contributed by atoms with Crippen molar-refractivity contribution in [2.24, 2.45) is 5.92 Å². The lowest BCUT2D eigenvalue weighted by Gasteiger charge is -2.17. The van der Waals surface area contributed by atoms with Crippen molar-refractivity contribution in [1.29, 1.82) is 0 Å². The van der Waals surface area contributed by atoms with Gasteiger partial charge in [0, 0.05) is 0 Å². The molecule has 0 aromatic carbocycles. The van der Waals surface area contributed by atoms with Gasteiger partial charge in [-0.3, -0.25) is 4.79 Å². The molecule has 1 atom stereocenters. The van der Waals surface area contributed by atoms with E-state index in [2.05, 4.69) is 4.72 Å². The average Bonchev–Trinajstić information content (AvgIpc) is 2.31. The van der Waals surface area contributed by atoms with Gasteiger partial charge in [-0.05, 0) is 12.3 Å². The van der Waals surface area contributed by atoms with Gasteiger partial charge < -0.3 is 5.11 Å². The van der Waals surface area contributed by atoms with Gasteiger partial charge >= 0.3 is 5.97 Å². The zero-order valence-corrected chi connectivity index (χ0v) is 12.3. The fraction of sp³-hybridized carbons (Fsp3) is 0.917. The van der Waals surface area contributed by atoms with E-state index in [1.807, 2.05) is 20.8 Å². The van der Waals surface area contributed by atoms with Crippen molar-refractivity contribution in [3.63, 3.8) is 0 Å². The molecule has 0 saturated carbocycles. The zero-order chi connectivity index (χ0) is 14.2. The number of rotatable bonds is 10. The molecule has 108 valence electrons. The zero-order valence-electron chi connectivity index (χ0n) is 11.5. The highest BCUT2D eigenvalue weighted by Gasteiger charge is 2.25. The summed E-state index contributed by atoms with van der Waals surface area (Å²) in [5.74, 6) is -1.00. The number of aliphatic carboxylic acids is 1. The predicted octanol–water partition coefficient (Wildman–Crippen LogP) is 1.99. The topological polar surface area (TPSA) is 83.5 Å². The first-order valence-electron chi connectivity index (χ1n) is 6.59. The van der Waals surface area contributed by atoms with Crippen LogP contribution in [0.4, 0.5) is 0 Å². The van der Waals surface area contributed by atoms with Crippen LogP contribution in [-0.2, 0) is 14.8 Å². The second kappa shape index (κ2) is 8.48. The largest absolute Gasteiger partial charge is 0.480 e. The molecule has 0 aromatic rings. The minimum Gasteiger partial charge on any atom is -0.480 e. The van der Waals surface area contributed by atoms with E-state index < -0.39 is 22.0 Å². The Balaban J connectivity index is 4.55. The Bertz CT molecular complexity index is 336. The fourth-order valence-corrected chi connectivity index (χ4v) is 3.58. The standard InChI is InChI=1S/C12H25NO4S/c1-4-7-8-11(12(14)15)13-18(16,17)9-10(5-2)6-3/h10-11,13H,4-9H2,1-3H3,(H,14,15)/t11-/m0/s1. The highest BCUT2D eigenvalue weighted by Crippen LogP contribution is 2.11. The van der Waals surface area contributed by atoms with Crippen molar-refractivity contribution in [1.82, 2.24) is 4.72 Å². The van der Waals surface area contributed by atoms with Crippen molar-refractivity contribution in [2.45, 2.75) is 58.9 Å². The molecule has 0 spiro atoms. The van der Waals surface area contributed by atoms with Crippen molar-refractivity contribution in [2.75, 3.05) is 5.75 Å². The summed E-state index contributed by atoms with van der Waals surface area (Å²) in [6.45, 7) is 5.82. The summed E-state index contributed by atoms with van der Waals surface area (Å²) in [5, 5.41) is 8.98. The lowest BCUT2D eigenvalue weighted by atomic mass is 10.1. The molecular formula is C12H25NO4S. The number of carboxylic acid groups (broad SMARTS) is 1. The lowest BCUT2D eigenvalue weighted by molar-refractivity contribution is -0.139. The van der Waals surface area contributed by atoms with Gasteiger partial charge in [-0.15, -0.1) is 0 Å². The number of hydrogen-bond acceptors (Lipinski definition) is 3. The van der Waals surface area contributed by atoms with Crippen LogP contribution in [0.25, 0.3) is 0 Å². The third-order valence-electron chi connectivity index (χ3n) is 3.08. The number of hydrogen-bond donors (Lipinski definition) is 2. The van der Waals surface area contributed by atoms with Crippen molar-refractivity contribution in [3.8, 4) is 0 Å². The molecule has 0 aliphatic rings. The summed E-state index contributed by atoms with van der Waals surface area (Å²) < 4.78 is 26.0. The van der Waals surface area contributed by atoms with Crippen LogP contribution >= 0.6 is 0 Å². The van der Waals surface area contributed by atoms with E-state index >= 15 is 0 Å². The van der Waals surface area contributed by atoms with Gasteiger partial charge in [0.1, 0.15) is 6.04 Å². The molecule has 0 bridgehead atoms. The summed E-state index contributed by atoms with van der Waals surface area (Å²) in [6, 6.07) is -0.996. The van der Waals surface area contributed by atoms with Crippen LogP contribution in [0.2, 0.25) is 0 Å². The van der Waals surface area contributed by atoms with Crippen LogP contribution in [0.3, 0.4) is 0 Å². The van der Waals surface area contributed by atoms with Crippen LogP contribution in [0.15, 0.2) is 0 Å². The Kier molecular flexibility index (Phi) is 8.18. The van der Waals surface area contributed by atoms with Gasteiger partial charge in [0.25, 0.3) is 0 Å². The normalized spacial score (nSPS) is 13.8. The maximum Gasteiger partial charge on any atom is 0.321 e. The second-order valence-electron chi connectivity index (χ2n) is 4.61. The van der Waals surface area contributed by atoms with E-state index in [1.165, 1.54) is 0 Å². The van der Waals surface area contributed by atoms with E-state index in [-0.39, 0.29) is 11.7 Å². The van der Waals surface area contributed by atoms with Gasteiger partial charge in [-0.2, -0.15) is 0 Å². The summed E-state index contributed by atoms with van der Waals surface area (Å²) >= 11 is 0. The van der Waals surface area contributed by atoms with Crippen molar-refractivity contribution < 1.29 is 18.3 Å². The van der Waals surface area contributed by atoms with Gasteiger partial charge in [-0.25, -0.2) is 13.1 Å². The quantitative estimate of drug-likeness (QED) is 0.640. The Hall–Kier alpha value is -0.620. The number of sulfonamides is 1. The molecule has 0 fully saturated rings. The lowest BCUT2D eigenvalue weighted by Crippen LogP contribution is -2.42. The molecular weight excluding hydrogens is 254 g/mol. The molecule has 0 rings (SSSR count). The highest BCUT2D eigenvalue weighted by molar-refractivity contribution is 7.89. The van der Waals surface area contributed by atoms with Crippen molar-refractivity contribution >= 4 is 16.0 Å². The monoisotopic (exact) mass is 279 g/mol. The summed E-state index contributed by atoms with van der Waals surface area (Å²) in [5.41, 5.74) is 0. The van der Waals surface area contributed by atoms with Crippen LogP contribution in [0.1, 0.15) is 52.9 Å². The third kappa shape index (κ3) is 6.96. The molecule has 0 aromatic heterocycles. The number of carboxylic acids is 1. The summed E-state index contributed by atoms with van der Waals surface area (Å²) in [7, 11) is -3.51. The first-order chi connectivity index (χ1) is 8.36. The molecule has 5 nitrogen and oxygen atoms in total. The minimum atomic E-state index is -3.51. The van der Waals surface area contributed by atoms with Gasteiger partial charge in [0.2, 0.25) is 10.0 Å². The molecule has 0 unspecified atom stereocenters. The molecule has 18 heavy (non-hydrogen) atoms. The van der Waals surface area contributed by atoms with Crippen LogP contribution in [-0.4, -0.2) is 31.3 Å². The van der Waals surface area contributed by atoms with Crippen LogP contribution in [0, 0.1) is 5.92 Å². The van der Waals surface area contributed by atoms with Gasteiger partial charge in [-0.1, -0.05) is 46.5 Å². The van der Waals surface area contributed by atoms with Crippen molar-refractivity contribution in [3.05, 3.63) is 0 Å². The molecule has 0 saturated heterocycles. The number of unbranched alkanes of at least 4 members (excludes halogenated alkanes) is 1. The third-order valence-corrected chi connectivity index (χ3v) is 4.63. The van der Waals surface area contributed by atoms with Gasteiger partial charge in [0.05, 0.1) is 5.75 Å². The first kappa shape index (κ1) is 17.4. The van der Waals surface area contributed by atoms with Crippen LogP contribution < -0.4 is 4.72 Å². The molecule has 0 heterocycles. The molecule has 0 aliphatic carbocycles. The maximum atomic E-state index is 11.9. The van der Waals surface area contributed by atoms with E-state index in [1.54, 1.807) is 0 Å². The summed E-state index contributed by atoms with van der Waals surface area (Å²) in [6.07, 6.45) is 3.45. The smallest absolute Gasteiger partial charge is 0.321 e. The number of carbonyl (C=O) groups is 1. The average molecular weight is 279 g/mol. The molecule has 0 aliphatic heterocycles. The second-order valence-corrected chi connectivity index (χ2v) is 6.41. The van der Waals surface area contributed by atoms with E-state index in [0.29, 0.717) is 12.8 Å². The first-order valence-corrected chi connectivity index (χ1v) is 8.24. The van der Waals surface area contributed by atoms with E-state index in [9.17, 15) is 13.2 Å². The van der Waals surface area contributed by atoms with E-state index in [0.717, 1.165) is 19.3 Å². The number of nitrogens with one attached hydrogen (secondary N) is 1. The SMILES string of the molecule is CCCC[C@H](NS(=O)(=O)CC(CC)CC)C(=O)O. The fourth-order valence-electron chi connectivity index (χ4n) is 1.74. The molecule has 6 heteroatoms. The Labute approximate surface area is 110 Å². The predicted molar refractivity (Wildman–Crippen MR) is 71.9 cm³/mol. The highest BCUT2D eigenvalue weighted by atomic mass is 32.2. The Morgan fingerprint density at radius 3 is 2.17 bits per heavy atom. The molecule has 0 radical (unpaired) electrons. The molecule has 0 amide bonds. The maximum absolute atomic E-state index is 11.9. The van der Waals surface area contributed by atoms with Crippen LogP contribution in [0.5, 0.6) is 0 Å². The van der Waals surface area contributed by atoms with E-state index in [4.69, 9.17) is 5.11 Å². The molecule has 2 N–H and O–H groups in total. The summed E-state index contributed by atoms with van der Waals surface area (Å²) in [4.78, 5) is 11.0.